The van der Waals surface area contributed by atoms with Crippen LogP contribution in [0.15, 0.2) is 41.7 Å². The summed E-state index contributed by atoms with van der Waals surface area (Å²) < 4.78 is 25.4. The van der Waals surface area contributed by atoms with Crippen molar-refractivity contribution >= 4 is 34.8 Å². The lowest BCUT2D eigenvalue weighted by Crippen LogP contribution is -2.44. The van der Waals surface area contributed by atoms with Crippen LogP contribution in [-0.4, -0.2) is 80.4 Å². The van der Waals surface area contributed by atoms with Crippen LogP contribution in [0.4, 0.5) is 4.79 Å². The van der Waals surface area contributed by atoms with Gasteiger partial charge < -0.3 is 39.0 Å². The van der Waals surface area contributed by atoms with E-state index in [-0.39, 0.29) is 17.8 Å². The molecule has 0 heterocycles. The van der Waals surface area contributed by atoms with Crippen molar-refractivity contribution < 1.29 is 52.7 Å². The van der Waals surface area contributed by atoms with Crippen LogP contribution in [-0.2, 0) is 38.2 Å². The van der Waals surface area contributed by atoms with Gasteiger partial charge in [-0.2, -0.15) is 5.01 Å². The number of nitrogens with one attached hydrogen (secondary N) is 1. The number of carbonyl (C=O) groups is 4. The van der Waals surface area contributed by atoms with Crippen molar-refractivity contribution in [2.75, 3.05) is 34.8 Å². The summed E-state index contributed by atoms with van der Waals surface area (Å²) in [5.74, 6) is -2.31. The summed E-state index contributed by atoms with van der Waals surface area (Å²) in [5.41, 5.74) is -0.144. The number of hydrogen-bond donors (Lipinski definition) is 1. The highest BCUT2D eigenvalue weighted by Crippen LogP contribution is 2.25. The highest BCUT2D eigenvalue weighted by molar-refractivity contribution is 5.87. The molecule has 15 heteroatoms. The van der Waals surface area contributed by atoms with Gasteiger partial charge in [0.25, 0.3) is 6.79 Å². The SMILES string of the molecule is COc1ccc2cc(C(C)C(=O)OCOC(=O)CCC(NC(=O)OC(C)(C)C)C(=O)OCO/N=[N+](\[O-])N(C)C)ccc2c1. The van der Waals surface area contributed by atoms with E-state index in [0.717, 1.165) is 21.5 Å². The van der Waals surface area contributed by atoms with E-state index in [2.05, 4.69) is 15.4 Å². The molecule has 236 valence electrons. The molecule has 1 N–H and O–H groups in total. The Bertz CT molecular complexity index is 1310. The third-order valence-corrected chi connectivity index (χ3v) is 5.68. The number of rotatable bonds is 14. The number of carbonyl (C=O) groups excluding carboxylic acids is 4. The molecule has 0 aromatic heterocycles. The molecule has 0 bridgehead atoms. The lowest BCUT2D eigenvalue weighted by molar-refractivity contribution is -0.700. The quantitative estimate of drug-likeness (QED) is 0.0630. The number of hydrogen-bond acceptors (Lipinski definition) is 12. The van der Waals surface area contributed by atoms with E-state index >= 15 is 0 Å². The van der Waals surface area contributed by atoms with Crippen LogP contribution in [0.3, 0.4) is 0 Å². The highest BCUT2D eigenvalue weighted by Gasteiger charge is 2.27. The zero-order chi connectivity index (χ0) is 32.2. The fraction of sp³-hybridized carbons (Fsp3) is 0.500. The van der Waals surface area contributed by atoms with E-state index in [4.69, 9.17) is 23.7 Å². The molecular weight excluding hydrogens is 568 g/mol. The predicted octanol–water partition coefficient (Wildman–Crippen LogP) is 3.54. The fourth-order valence-corrected chi connectivity index (χ4v) is 3.42. The molecule has 2 aromatic carbocycles. The molecule has 0 radical (unpaired) electrons. The van der Waals surface area contributed by atoms with Crippen molar-refractivity contribution in [1.82, 2.24) is 10.3 Å². The van der Waals surface area contributed by atoms with Gasteiger partial charge in [0.15, 0.2) is 0 Å². The minimum atomic E-state index is -1.33. The molecule has 2 aromatic rings. The van der Waals surface area contributed by atoms with Gasteiger partial charge in [-0.05, 0) is 62.6 Å². The van der Waals surface area contributed by atoms with Crippen molar-refractivity contribution in [2.45, 2.75) is 58.1 Å². The smallest absolute Gasteiger partial charge is 0.408 e. The number of methoxy groups -OCH3 is 1. The third kappa shape index (κ3) is 11.9. The zero-order valence-corrected chi connectivity index (χ0v) is 25.3. The number of esters is 3. The Balaban J connectivity index is 1.88. The fourth-order valence-electron chi connectivity index (χ4n) is 3.42. The molecule has 1 amide bonds. The average Bonchev–Trinajstić information content (AvgIpc) is 2.94. The Kier molecular flexibility index (Phi) is 12.8. The Morgan fingerprint density at radius 3 is 2.28 bits per heavy atom. The summed E-state index contributed by atoms with van der Waals surface area (Å²) in [7, 11) is 4.41. The molecule has 15 nitrogen and oxygen atoms in total. The summed E-state index contributed by atoms with van der Waals surface area (Å²) in [6, 6.07) is 9.78. The van der Waals surface area contributed by atoms with E-state index in [1.54, 1.807) is 40.9 Å². The molecule has 2 rings (SSSR count). The topological polar surface area (TPSA) is 177 Å². The number of ether oxygens (including phenoxy) is 5. The minimum absolute atomic E-state index is 0.104. The van der Waals surface area contributed by atoms with Crippen LogP contribution >= 0.6 is 0 Å². The number of benzene rings is 2. The van der Waals surface area contributed by atoms with Crippen LogP contribution in [0.2, 0.25) is 0 Å². The van der Waals surface area contributed by atoms with Gasteiger partial charge in [-0.25, -0.2) is 9.59 Å². The summed E-state index contributed by atoms with van der Waals surface area (Å²) >= 11 is 0. The molecule has 0 saturated carbocycles. The van der Waals surface area contributed by atoms with E-state index < -0.39 is 55.1 Å². The van der Waals surface area contributed by atoms with Crippen molar-refractivity contribution in [3.05, 3.63) is 47.2 Å². The lowest BCUT2D eigenvalue weighted by Gasteiger charge is -2.22. The van der Waals surface area contributed by atoms with Gasteiger partial charge in [0, 0.05) is 6.42 Å². The van der Waals surface area contributed by atoms with Gasteiger partial charge in [-0.15, -0.1) is 0 Å². The molecule has 0 saturated heterocycles. The molecule has 0 aliphatic rings. The van der Waals surface area contributed by atoms with Crippen LogP contribution in [0.1, 0.15) is 52.0 Å². The third-order valence-electron chi connectivity index (χ3n) is 5.68. The summed E-state index contributed by atoms with van der Waals surface area (Å²) in [5, 5.41) is 19.7. The maximum Gasteiger partial charge on any atom is 0.408 e. The highest BCUT2D eigenvalue weighted by atomic mass is 16.8. The number of fused-ring (bicyclic) bond motifs is 1. The second-order valence-electron chi connectivity index (χ2n) is 10.4. The Morgan fingerprint density at radius 2 is 1.63 bits per heavy atom. The number of nitrogens with zero attached hydrogens (tertiary/aromatic N) is 3. The number of amides is 1. The van der Waals surface area contributed by atoms with Crippen molar-refractivity contribution in [1.29, 1.82) is 0 Å². The van der Waals surface area contributed by atoms with Gasteiger partial charge >= 0.3 is 24.0 Å². The predicted molar refractivity (Wildman–Crippen MR) is 150 cm³/mol. The van der Waals surface area contributed by atoms with E-state index in [1.807, 2.05) is 30.3 Å². The van der Waals surface area contributed by atoms with Crippen LogP contribution < -0.4 is 10.1 Å². The monoisotopic (exact) mass is 606 g/mol. The minimum Gasteiger partial charge on any atom is -0.569 e. The largest absolute Gasteiger partial charge is 0.569 e. The standard InChI is InChI=1S/C28H38N4O11/c1-18(19-8-9-21-15-22(38-7)11-10-20(21)14-19)25(34)40-16-39-24(33)13-12-23(29-27(36)43-28(2,3)4)26(35)41-17-42-30-32(37)31(5)6/h8-11,14-15,18,23H,12-13,16-17H2,1-7H3,(H,29,36)/b32-30-. The Hall–Kier alpha value is -4.82. The molecule has 2 atom stereocenters. The first kappa shape index (κ1) is 34.4. The molecule has 0 fully saturated rings. The van der Waals surface area contributed by atoms with E-state index in [1.165, 1.54) is 14.1 Å². The van der Waals surface area contributed by atoms with Crippen LogP contribution in [0.5, 0.6) is 5.75 Å². The van der Waals surface area contributed by atoms with E-state index in [0.29, 0.717) is 5.56 Å². The van der Waals surface area contributed by atoms with Crippen molar-refractivity contribution in [2.24, 2.45) is 5.28 Å². The first-order valence-electron chi connectivity index (χ1n) is 13.2. The van der Waals surface area contributed by atoms with Gasteiger partial charge in [-0.1, -0.05) is 24.3 Å². The average molecular weight is 607 g/mol. The first-order chi connectivity index (χ1) is 20.2. The van der Waals surface area contributed by atoms with Crippen LogP contribution in [0.25, 0.3) is 10.8 Å². The van der Waals surface area contributed by atoms with Crippen LogP contribution in [0, 0.1) is 5.21 Å². The van der Waals surface area contributed by atoms with Gasteiger partial charge in [-0.3, -0.25) is 9.59 Å². The second kappa shape index (κ2) is 16.0. The van der Waals surface area contributed by atoms with Gasteiger partial charge in [0.2, 0.25) is 12.1 Å². The Labute approximate surface area is 249 Å². The first-order valence-corrected chi connectivity index (χ1v) is 13.2. The van der Waals surface area contributed by atoms with Gasteiger partial charge in [0.1, 0.15) is 17.4 Å². The van der Waals surface area contributed by atoms with Crippen molar-refractivity contribution in [3.8, 4) is 5.75 Å². The van der Waals surface area contributed by atoms with Crippen molar-refractivity contribution in [3.63, 3.8) is 0 Å². The normalized spacial score (nSPS) is 12.9. The molecule has 43 heavy (non-hydrogen) atoms. The number of hydrazine groups is 1. The molecule has 2 unspecified atom stereocenters. The summed E-state index contributed by atoms with van der Waals surface area (Å²) in [6.45, 7) is 5.18. The maximum atomic E-state index is 12.6. The molecular formula is C28H38N4O11. The van der Waals surface area contributed by atoms with Gasteiger partial charge in [0.05, 0.1) is 32.1 Å². The summed E-state index contributed by atoms with van der Waals surface area (Å²) in [6.07, 6.45) is -1.52. The second-order valence-corrected chi connectivity index (χ2v) is 10.4. The lowest BCUT2D eigenvalue weighted by atomic mass is 9.98. The zero-order valence-electron chi connectivity index (χ0n) is 25.3. The number of alkyl carbamates (subject to hydrolysis) is 1. The molecule has 0 aliphatic heterocycles. The molecule has 0 aliphatic carbocycles. The maximum absolute atomic E-state index is 12.6. The Morgan fingerprint density at radius 1 is 0.977 bits per heavy atom. The summed E-state index contributed by atoms with van der Waals surface area (Å²) in [4.78, 5) is 54.3. The molecule has 0 spiro atoms. The van der Waals surface area contributed by atoms with E-state index in [9.17, 15) is 24.4 Å².